The van der Waals surface area contributed by atoms with Gasteiger partial charge in [0.1, 0.15) is 6.04 Å². The van der Waals surface area contributed by atoms with Crippen molar-refractivity contribution in [2.24, 2.45) is 5.41 Å². The number of carboxylic acids is 1. The van der Waals surface area contributed by atoms with Crippen molar-refractivity contribution in [1.29, 1.82) is 0 Å². The topological polar surface area (TPSA) is 119 Å². The Balaban J connectivity index is 2.18. The van der Waals surface area contributed by atoms with Crippen LogP contribution in [0.2, 0.25) is 0 Å². The van der Waals surface area contributed by atoms with Crippen molar-refractivity contribution in [1.82, 2.24) is 20.4 Å². The number of hydrogen-bond donors (Lipinski definition) is 3. The third kappa shape index (κ3) is 8.62. The molecule has 1 heterocycles. The van der Waals surface area contributed by atoms with Crippen molar-refractivity contribution in [3.63, 3.8) is 0 Å². The van der Waals surface area contributed by atoms with Crippen LogP contribution in [0, 0.1) is 5.41 Å². The summed E-state index contributed by atoms with van der Waals surface area (Å²) in [6.45, 7) is 8.86. The number of nitrogens with one attached hydrogen (secondary N) is 2. The van der Waals surface area contributed by atoms with Gasteiger partial charge in [-0.3, -0.25) is 19.2 Å². The van der Waals surface area contributed by atoms with Crippen molar-refractivity contribution in [3.8, 4) is 0 Å². The monoisotopic (exact) mass is 502 g/mol. The number of likely N-dealkylation sites (tertiary alicyclic amines) is 1. The maximum absolute atomic E-state index is 13.7. The Kier molecular flexibility index (Phi) is 10.9. The number of benzene rings is 1. The van der Waals surface area contributed by atoms with Gasteiger partial charge in [0.2, 0.25) is 17.7 Å². The highest BCUT2D eigenvalue weighted by Gasteiger charge is 2.40. The standard InChI is InChI=1S/C27H42N4O5/c1-19(28-5)25(35)29-24(27(2,3)4)26(36)31-16-9-12-21(31)18-30(22(32)13-14-23(33)34)17-15-20-10-7-6-8-11-20/h6-8,10-11,19,21,24,28H,9,12-18H2,1-5H3,(H,29,35)(H,33,34)/t19-,21-,24+/m0/s1. The molecular weight excluding hydrogens is 460 g/mol. The number of nitrogens with zero attached hydrogens (tertiary/aromatic N) is 2. The Bertz CT molecular complexity index is 899. The molecule has 0 spiro atoms. The zero-order valence-corrected chi connectivity index (χ0v) is 22.3. The summed E-state index contributed by atoms with van der Waals surface area (Å²) in [5.74, 6) is -1.63. The molecular formula is C27H42N4O5. The molecule has 0 bridgehead atoms. The summed E-state index contributed by atoms with van der Waals surface area (Å²) in [6, 6.07) is 8.48. The van der Waals surface area contributed by atoms with Gasteiger partial charge in [-0.15, -0.1) is 0 Å². The average Bonchev–Trinajstić information content (AvgIpc) is 3.30. The quantitative estimate of drug-likeness (QED) is 0.403. The summed E-state index contributed by atoms with van der Waals surface area (Å²) in [5, 5.41) is 14.9. The zero-order chi connectivity index (χ0) is 26.9. The molecule has 0 saturated carbocycles. The van der Waals surface area contributed by atoms with Crippen LogP contribution in [-0.2, 0) is 25.6 Å². The summed E-state index contributed by atoms with van der Waals surface area (Å²) in [5.41, 5.74) is 0.583. The number of likely N-dealkylation sites (N-methyl/N-ethyl adjacent to an activating group) is 1. The molecule has 1 fully saturated rings. The average molecular weight is 503 g/mol. The molecule has 0 aliphatic carbocycles. The molecule has 1 saturated heterocycles. The molecule has 9 heteroatoms. The third-order valence-electron chi connectivity index (χ3n) is 6.74. The number of carboxylic acid groups (broad SMARTS) is 1. The van der Waals surface area contributed by atoms with Crippen LogP contribution in [0.3, 0.4) is 0 Å². The molecule has 1 aliphatic rings. The predicted octanol–water partition coefficient (Wildman–Crippen LogP) is 2.05. The van der Waals surface area contributed by atoms with Crippen LogP contribution in [0.1, 0.15) is 58.9 Å². The van der Waals surface area contributed by atoms with E-state index in [0.29, 0.717) is 26.1 Å². The van der Waals surface area contributed by atoms with Gasteiger partial charge in [-0.1, -0.05) is 51.1 Å². The van der Waals surface area contributed by atoms with Crippen molar-refractivity contribution < 1.29 is 24.3 Å². The molecule has 0 unspecified atom stereocenters. The fraction of sp³-hybridized carbons (Fsp3) is 0.630. The van der Waals surface area contributed by atoms with Crippen LogP contribution in [0.4, 0.5) is 0 Å². The summed E-state index contributed by atoms with van der Waals surface area (Å²) >= 11 is 0. The van der Waals surface area contributed by atoms with Gasteiger partial charge < -0.3 is 25.5 Å². The molecule has 0 aromatic heterocycles. The Labute approximate surface area is 214 Å². The Morgan fingerprint density at radius 3 is 2.39 bits per heavy atom. The lowest BCUT2D eigenvalue weighted by molar-refractivity contribution is -0.143. The van der Waals surface area contributed by atoms with Crippen LogP contribution in [0.5, 0.6) is 0 Å². The van der Waals surface area contributed by atoms with E-state index < -0.39 is 23.5 Å². The first kappa shape index (κ1) is 29.3. The fourth-order valence-electron chi connectivity index (χ4n) is 4.38. The lowest BCUT2D eigenvalue weighted by Crippen LogP contribution is -2.59. The van der Waals surface area contributed by atoms with Gasteiger partial charge in [0, 0.05) is 32.1 Å². The van der Waals surface area contributed by atoms with E-state index in [0.717, 1.165) is 18.4 Å². The Hall–Kier alpha value is -2.94. The van der Waals surface area contributed by atoms with Crippen molar-refractivity contribution in [2.75, 3.05) is 26.7 Å². The smallest absolute Gasteiger partial charge is 0.303 e. The van der Waals surface area contributed by atoms with Crippen LogP contribution in [-0.4, -0.2) is 83.4 Å². The molecule has 1 aliphatic heterocycles. The molecule has 1 aromatic rings. The highest BCUT2D eigenvalue weighted by molar-refractivity contribution is 5.90. The molecule has 1 aromatic carbocycles. The fourth-order valence-corrected chi connectivity index (χ4v) is 4.38. The van der Waals surface area contributed by atoms with Gasteiger partial charge >= 0.3 is 5.97 Å². The highest BCUT2D eigenvalue weighted by atomic mass is 16.4. The lowest BCUT2D eigenvalue weighted by atomic mass is 9.85. The summed E-state index contributed by atoms with van der Waals surface area (Å²) in [7, 11) is 1.69. The first-order chi connectivity index (χ1) is 16.9. The van der Waals surface area contributed by atoms with Crippen molar-refractivity contribution in [3.05, 3.63) is 35.9 Å². The van der Waals surface area contributed by atoms with Crippen molar-refractivity contribution in [2.45, 2.75) is 77.9 Å². The minimum absolute atomic E-state index is 0.0760. The maximum atomic E-state index is 13.7. The summed E-state index contributed by atoms with van der Waals surface area (Å²) < 4.78 is 0. The highest BCUT2D eigenvalue weighted by Crippen LogP contribution is 2.26. The van der Waals surface area contributed by atoms with Gasteiger partial charge in [0.05, 0.1) is 12.5 Å². The normalized spacial score (nSPS) is 17.4. The van der Waals surface area contributed by atoms with Crippen LogP contribution >= 0.6 is 0 Å². The number of carbonyl (C=O) groups excluding carboxylic acids is 3. The SMILES string of the molecule is CN[C@@H](C)C(=O)N[C@H](C(=O)N1CCC[C@H]1CN(CCc1ccccc1)C(=O)CCC(=O)O)C(C)(C)C. The number of hydrogen-bond acceptors (Lipinski definition) is 5. The van der Waals surface area contributed by atoms with Gasteiger partial charge in [0.25, 0.3) is 0 Å². The van der Waals surface area contributed by atoms with Gasteiger partial charge in [0.15, 0.2) is 0 Å². The predicted molar refractivity (Wildman–Crippen MR) is 138 cm³/mol. The molecule has 2 rings (SSSR count). The number of aliphatic carboxylic acids is 1. The molecule has 9 nitrogen and oxygen atoms in total. The second kappa shape index (κ2) is 13.4. The van der Waals surface area contributed by atoms with Crippen LogP contribution in [0.15, 0.2) is 30.3 Å². The number of amides is 3. The van der Waals surface area contributed by atoms with Crippen molar-refractivity contribution >= 4 is 23.7 Å². The zero-order valence-electron chi connectivity index (χ0n) is 22.3. The summed E-state index contributed by atoms with van der Waals surface area (Å²) in [6.07, 6.45) is 1.90. The third-order valence-corrected chi connectivity index (χ3v) is 6.74. The van der Waals surface area contributed by atoms with Gasteiger partial charge in [-0.25, -0.2) is 0 Å². The van der Waals surface area contributed by atoms with Crippen LogP contribution < -0.4 is 10.6 Å². The molecule has 3 atom stereocenters. The first-order valence-corrected chi connectivity index (χ1v) is 12.8. The van der Waals surface area contributed by atoms with E-state index in [1.165, 1.54) is 0 Å². The van der Waals surface area contributed by atoms with E-state index in [-0.39, 0.29) is 36.6 Å². The number of carbonyl (C=O) groups is 4. The largest absolute Gasteiger partial charge is 0.481 e. The molecule has 3 N–H and O–H groups in total. The van der Waals surface area contributed by atoms with Crippen LogP contribution in [0.25, 0.3) is 0 Å². The number of rotatable bonds is 12. The second-order valence-electron chi connectivity index (χ2n) is 10.6. The molecule has 0 radical (unpaired) electrons. The van der Waals surface area contributed by atoms with E-state index in [9.17, 15) is 19.2 Å². The van der Waals surface area contributed by atoms with Gasteiger partial charge in [-0.2, -0.15) is 0 Å². The Morgan fingerprint density at radius 2 is 1.81 bits per heavy atom. The summed E-state index contributed by atoms with van der Waals surface area (Å²) in [4.78, 5) is 53.8. The van der Waals surface area contributed by atoms with E-state index in [2.05, 4.69) is 10.6 Å². The maximum Gasteiger partial charge on any atom is 0.303 e. The first-order valence-electron chi connectivity index (χ1n) is 12.8. The van der Waals surface area contributed by atoms with E-state index >= 15 is 0 Å². The van der Waals surface area contributed by atoms with E-state index in [4.69, 9.17) is 5.11 Å². The van der Waals surface area contributed by atoms with E-state index in [1.807, 2.05) is 51.1 Å². The lowest BCUT2D eigenvalue weighted by Gasteiger charge is -2.37. The van der Waals surface area contributed by atoms with E-state index in [1.54, 1.807) is 23.8 Å². The minimum atomic E-state index is -1.01. The second-order valence-corrected chi connectivity index (χ2v) is 10.6. The molecule has 200 valence electrons. The molecule has 3 amide bonds. The minimum Gasteiger partial charge on any atom is -0.481 e. The molecule has 36 heavy (non-hydrogen) atoms. The van der Waals surface area contributed by atoms with Gasteiger partial charge in [-0.05, 0) is 44.2 Å². The Morgan fingerprint density at radius 1 is 1.14 bits per heavy atom.